The highest BCUT2D eigenvalue weighted by molar-refractivity contribution is 7.94. The quantitative estimate of drug-likeness (QED) is 0.431. The van der Waals surface area contributed by atoms with Gasteiger partial charge in [0, 0.05) is 42.3 Å². The fourth-order valence-corrected chi connectivity index (χ4v) is 7.73. The van der Waals surface area contributed by atoms with E-state index >= 15 is 8.78 Å². The number of halogens is 3. The van der Waals surface area contributed by atoms with E-state index in [0.29, 0.717) is 36.4 Å². The lowest BCUT2D eigenvalue weighted by molar-refractivity contribution is -0.201. The summed E-state index contributed by atoms with van der Waals surface area (Å²) in [7, 11) is -4.31. The Labute approximate surface area is 252 Å². The number of sulfone groups is 1. The van der Waals surface area contributed by atoms with Crippen LogP contribution >= 0.6 is 0 Å². The van der Waals surface area contributed by atoms with Crippen LogP contribution in [0.5, 0.6) is 0 Å². The van der Waals surface area contributed by atoms with Crippen molar-refractivity contribution in [3.05, 3.63) is 70.9 Å². The Kier molecular flexibility index (Phi) is 7.39. The number of carbonyl (C=O) groups excluding carboxylic acids is 3. The van der Waals surface area contributed by atoms with Gasteiger partial charge >= 0.3 is 0 Å². The molecule has 3 heterocycles. The summed E-state index contributed by atoms with van der Waals surface area (Å²) in [5.74, 6) is -7.94. The average molecular weight is 632 g/mol. The number of amides is 3. The molecule has 3 amide bonds. The fourth-order valence-electron chi connectivity index (χ4n) is 7.32. The van der Waals surface area contributed by atoms with Gasteiger partial charge in [0.25, 0.3) is 11.8 Å². The minimum atomic E-state index is -4.31. The van der Waals surface area contributed by atoms with Gasteiger partial charge in [-0.3, -0.25) is 14.4 Å². The molecule has 0 spiro atoms. The Morgan fingerprint density at radius 1 is 1.09 bits per heavy atom. The van der Waals surface area contributed by atoms with Crippen molar-refractivity contribution >= 4 is 27.6 Å². The normalized spacial score (nSPS) is 27.3. The molecule has 3 N–H and O–H groups in total. The van der Waals surface area contributed by atoms with Gasteiger partial charge in [-0.15, -0.1) is 0 Å². The number of alkyl halides is 2. The van der Waals surface area contributed by atoms with Gasteiger partial charge in [-0.05, 0) is 42.9 Å². The summed E-state index contributed by atoms with van der Waals surface area (Å²) in [6.45, 7) is 0.338. The van der Waals surface area contributed by atoms with Crippen molar-refractivity contribution in [2.24, 2.45) is 11.8 Å². The van der Waals surface area contributed by atoms with Crippen LogP contribution in [0.15, 0.2) is 59.8 Å². The van der Waals surface area contributed by atoms with E-state index in [0.717, 1.165) is 4.90 Å². The lowest BCUT2D eigenvalue weighted by Crippen LogP contribution is -2.70. The topological polar surface area (TPSA) is 133 Å². The zero-order valence-electron chi connectivity index (χ0n) is 23.8. The summed E-state index contributed by atoms with van der Waals surface area (Å²) in [5.41, 5.74) is -0.529. The van der Waals surface area contributed by atoms with Crippen LogP contribution in [0.25, 0.3) is 11.1 Å². The molecule has 5 atom stereocenters. The van der Waals surface area contributed by atoms with Crippen LogP contribution in [-0.2, 0) is 29.8 Å². The van der Waals surface area contributed by atoms with Crippen LogP contribution in [0.3, 0.4) is 0 Å². The summed E-state index contributed by atoms with van der Waals surface area (Å²) >= 11 is 0. The first-order valence-electron chi connectivity index (χ1n) is 14.5. The first-order chi connectivity index (χ1) is 20.7. The van der Waals surface area contributed by atoms with Gasteiger partial charge in [-0.25, -0.2) is 17.2 Å². The molecule has 44 heavy (non-hydrogen) atoms. The van der Waals surface area contributed by atoms with E-state index in [1.807, 2.05) is 0 Å². The predicted octanol–water partition coefficient (Wildman–Crippen LogP) is 2.78. The number of benzene rings is 2. The first kappa shape index (κ1) is 30.3. The SMILES string of the molecule is CS(=O)(=O)/C(F)=C/[C@H](C[C@H]1CCNC1=O)NC(=O)[C@H]1[C@H]2CC[C@H](CC2(F)F)N1C(=O)C1(O)c2ccccc2-c2ccccc21. The van der Waals surface area contributed by atoms with E-state index in [2.05, 4.69) is 10.6 Å². The van der Waals surface area contributed by atoms with Crippen molar-refractivity contribution in [2.45, 2.75) is 61.8 Å². The van der Waals surface area contributed by atoms with Crippen molar-refractivity contribution in [1.82, 2.24) is 15.5 Å². The van der Waals surface area contributed by atoms with Gasteiger partial charge in [-0.2, -0.15) is 4.39 Å². The Bertz CT molecular complexity index is 1630. The molecule has 5 aliphatic rings. The molecule has 9 nitrogen and oxygen atoms in total. The molecule has 2 aliphatic carbocycles. The molecular formula is C31H32F3N3O6S. The average Bonchev–Trinajstić information content (AvgIpc) is 3.50. The number of aliphatic hydroxyl groups is 1. The first-order valence-corrected chi connectivity index (χ1v) is 16.4. The minimum absolute atomic E-state index is 0.0750. The molecule has 1 saturated carbocycles. The molecule has 0 aromatic heterocycles. The van der Waals surface area contributed by atoms with Gasteiger partial charge in [0.2, 0.25) is 26.8 Å². The lowest BCUT2D eigenvalue weighted by Gasteiger charge is -2.55. The zero-order chi connectivity index (χ0) is 31.6. The third kappa shape index (κ3) is 4.90. The Morgan fingerprint density at radius 3 is 2.25 bits per heavy atom. The van der Waals surface area contributed by atoms with Crippen molar-refractivity contribution < 1.29 is 41.1 Å². The number of carbonyl (C=O) groups is 3. The molecular weight excluding hydrogens is 599 g/mol. The van der Waals surface area contributed by atoms with Crippen LogP contribution in [-0.4, -0.2) is 73.0 Å². The summed E-state index contributed by atoms with van der Waals surface area (Å²) < 4.78 is 69.1. The second-order valence-electron chi connectivity index (χ2n) is 12.1. The maximum Gasteiger partial charge on any atom is 0.264 e. The zero-order valence-corrected chi connectivity index (χ0v) is 24.6. The van der Waals surface area contributed by atoms with Crippen molar-refractivity contribution in [2.75, 3.05) is 12.8 Å². The van der Waals surface area contributed by atoms with E-state index in [-0.39, 0.29) is 36.3 Å². The van der Waals surface area contributed by atoms with Crippen molar-refractivity contribution in [1.29, 1.82) is 0 Å². The Balaban J connectivity index is 1.39. The van der Waals surface area contributed by atoms with Crippen LogP contribution in [0.4, 0.5) is 13.2 Å². The number of hydrogen-bond acceptors (Lipinski definition) is 6. The van der Waals surface area contributed by atoms with Crippen LogP contribution < -0.4 is 10.6 Å². The number of rotatable bonds is 7. The van der Waals surface area contributed by atoms with E-state index in [4.69, 9.17) is 0 Å². The number of nitrogens with zero attached hydrogens (tertiary/aromatic N) is 1. The highest BCUT2D eigenvalue weighted by atomic mass is 32.2. The highest BCUT2D eigenvalue weighted by Crippen LogP contribution is 2.53. The van der Waals surface area contributed by atoms with Crippen LogP contribution in [0.1, 0.15) is 43.2 Å². The molecule has 2 aromatic carbocycles. The third-order valence-corrected chi connectivity index (χ3v) is 10.2. The maximum absolute atomic E-state index is 15.4. The second kappa shape index (κ2) is 10.7. The minimum Gasteiger partial charge on any atom is -0.372 e. The molecule has 3 saturated heterocycles. The number of hydrogen-bond donors (Lipinski definition) is 3. The number of piperidine rings is 2. The fraction of sp³-hybridized carbons (Fsp3) is 0.452. The van der Waals surface area contributed by atoms with Gasteiger partial charge in [0.15, 0.2) is 5.60 Å². The predicted molar refractivity (Wildman–Crippen MR) is 153 cm³/mol. The van der Waals surface area contributed by atoms with Gasteiger partial charge in [-0.1, -0.05) is 48.5 Å². The summed E-state index contributed by atoms with van der Waals surface area (Å²) in [6, 6.07) is 9.27. The summed E-state index contributed by atoms with van der Waals surface area (Å²) in [6.07, 6.45) is 0.872. The van der Waals surface area contributed by atoms with Gasteiger partial charge < -0.3 is 20.6 Å². The number of nitrogens with one attached hydrogen (secondary N) is 2. The van der Waals surface area contributed by atoms with Gasteiger partial charge in [0.1, 0.15) is 6.04 Å². The molecule has 7 rings (SSSR count). The van der Waals surface area contributed by atoms with Crippen LogP contribution in [0.2, 0.25) is 0 Å². The third-order valence-electron chi connectivity index (χ3n) is 9.39. The molecule has 234 valence electrons. The summed E-state index contributed by atoms with van der Waals surface area (Å²) in [5, 5.41) is 15.8. The lowest BCUT2D eigenvalue weighted by atomic mass is 9.70. The smallest absolute Gasteiger partial charge is 0.264 e. The molecule has 3 aliphatic heterocycles. The van der Waals surface area contributed by atoms with E-state index in [1.165, 1.54) is 0 Å². The molecule has 2 aromatic rings. The van der Waals surface area contributed by atoms with Gasteiger partial charge in [0.05, 0.1) is 12.0 Å². The van der Waals surface area contributed by atoms with Crippen LogP contribution in [0, 0.1) is 11.8 Å². The van der Waals surface area contributed by atoms with Crippen molar-refractivity contribution in [3.63, 3.8) is 0 Å². The maximum atomic E-state index is 15.4. The molecule has 0 radical (unpaired) electrons. The second-order valence-corrected chi connectivity index (χ2v) is 14.1. The standard InChI is InChI=1S/C31H32F3N3O6S/c1-44(42,43)25(32)15-18(14-17-12-13-35-27(17)38)36-28(39)26-24-11-10-19(16-30(24,33)34)37(26)29(40)31(41)22-8-4-2-6-20(22)21-7-3-5-9-23(21)31/h2-9,15,17-19,24,26,41H,10-14,16H2,1H3,(H,35,38)(H,36,39)/b25-15+/t17-,18+,19-,24-,26-/m1/s1. The summed E-state index contributed by atoms with van der Waals surface area (Å²) in [4.78, 5) is 41.8. The number of fused-ring (bicyclic) bond motifs is 6. The molecule has 0 unspecified atom stereocenters. The van der Waals surface area contributed by atoms with Crippen molar-refractivity contribution in [3.8, 4) is 11.1 Å². The van der Waals surface area contributed by atoms with E-state index in [1.54, 1.807) is 48.5 Å². The Morgan fingerprint density at radius 2 is 1.70 bits per heavy atom. The van der Waals surface area contributed by atoms with E-state index < -0.39 is 74.7 Å². The largest absolute Gasteiger partial charge is 0.372 e. The van der Waals surface area contributed by atoms with E-state index in [9.17, 15) is 32.3 Å². The highest BCUT2D eigenvalue weighted by Gasteiger charge is 2.63. The molecule has 4 fully saturated rings. The molecule has 13 heteroatoms. The Hall–Kier alpha value is -3.71. The molecule has 2 bridgehead atoms. The monoisotopic (exact) mass is 631 g/mol.